The van der Waals surface area contributed by atoms with E-state index >= 15 is 0 Å². The number of amides is 1. The molecule has 1 aliphatic rings. The van der Waals surface area contributed by atoms with E-state index < -0.39 is 5.76 Å². The SMILES string of the molecule is CNC1COCC1C(=O)Nc1ccccc1SC(F)F. The van der Waals surface area contributed by atoms with Gasteiger partial charge >= 0.3 is 0 Å². The number of hydrogen-bond donors (Lipinski definition) is 2. The third-order valence-corrected chi connectivity index (χ3v) is 3.94. The van der Waals surface area contributed by atoms with Crippen LogP contribution in [0.4, 0.5) is 14.5 Å². The molecule has 0 aliphatic carbocycles. The van der Waals surface area contributed by atoms with Crippen LogP contribution >= 0.6 is 11.8 Å². The molecule has 0 bridgehead atoms. The molecule has 2 rings (SSSR count). The molecule has 1 aromatic carbocycles. The number of carbonyl (C=O) groups is 1. The monoisotopic (exact) mass is 302 g/mol. The number of anilines is 1. The minimum Gasteiger partial charge on any atom is -0.379 e. The maximum atomic E-state index is 12.5. The summed E-state index contributed by atoms with van der Waals surface area (Å²) in [7, 11) is 1.76. The lowest BCUT2D eigenvalue weighted by Gasteiger charge is -2.17. The van der Waals surface area contributed by atoms with E-state index in [1.807, 2.05) is 0 Å². The highest BCUT2D eigenvalue weighted by Gasteiger charge is 2.33. The number of hydrogen-bond acceptors (Lipinski definition) is 4. The lowest BCUT2D eigenvalue weighted by Crippen LogP contribution is -2.39. The van der Waals surface area contributed by atoms with Crippen molar-refractivity contribution in [2.75, 3.05) is 25.6 Å². The van der Waals surface area contributed by atoms with Gasteiger partial charge in [-0.2, -0.15) is 8.78 Å². The molecule has 0 aromatic heterocycles. The van der Waals surface area contributed by atoms with Gasteiger partial charge < -0.3 is 15.4 Å². The number of benzene rings is 1. The van der Waals surface area contributed by atoms with Crippen molar-refractivity contribution < 1.29 is 18.3 Å². The van der Waals surface area contributed by atoms with Crippen molar-refractivity contribution >= 4 is 23.4 Å². The summed E-state index contributed by atoms with van der Waals surface area (Å²) in [5.74, 6) is -3.05. The number of thioether (sulfide) groups is 1. The summed E-state index contributed by atoms with van der Waals surface area (Å²) >= 11 is 0.421. The van der Waals surface area contributed by atoms with Gasteiger partial charge in [0.15, 0.2) is 0 Å². The Morgan fingerprint density at radius 1 is 1.40 bits per heavy atom. The quantitative estimate of drug-likeness (QED) is 0.819. The largest absolute Gasteiger partial charge is 0.379 e. The van der Waals surface area contributed by atoms with E-state index in [0.29, 0.717) is 35.6 Å². The van der Waals surface area contributed by atoms with Crippen LogP contribution in [0, 0.1) is 5.92 Å². The second kappa shape index (κ2) is 7.01. The second-order valence-corrected chi connectivity index (χ2v) is 5.43. The molecule has 2 unspecified atom stereocenters. The number of carbonyl (C=O) groups excluding carboxylic acids is 1. The van der Waals surface area contributed by atoms with Crippen molar-refractivity contribution in [1.29, 1.82) is 0 Å². The van der Waals surface area contributed by atoms with Gasteiger partial charge in [-0.1, -0.05) is 23.9 Å². The lowest BCUT2D eigenvalue weighted by atomic mass is 10.0. The van der Waals surface area contributed by atoms with Crippen molar-refractivity contribution in [3.63, 3.8) is 0 Å². The number of rotatable bonds is 5. The van der Waals surface area contributed by atoms with Gasteiger partial charge in [-0.25, -0.2) is 0 Å². The van der Waals surface area contributed by atoms with Crippen molar-refractivity contribution in [3.8, 4) is 0 Å². The number of ether oxygens (including phenoxy) is 1. The summed E-state index contributed by atoms with van der Waals surface area (Å²) < 4.78 is 30.2. The summed E-state index contributed by atoms with van der Waals surface area (Å²) in [5.41, 5.74) is 0.407. The molecule has 110 valence electrons. The van der Waals surface area contributed by atoms with Crippen molar-refractivity contribution in [1.82, 2.24) is 5.32 Å². The first-order valence-corrected chi connectivity index (χ1v) is 7.09. The highest BCUT2D eigenvalue weighted by atomic mass is 32.2. The Kier molecular flexibility index (Phi) is 5.33. The molecule has 1 amide bonds. The van der Waals surface area contributed by atoms with Crippen molar-refractivity contribution in [3.05, 3.63) is 24.3 Å². The Morgan fingerprint density at radius 3 is 2.85 bits per heavy atom. The van der Waals surface area contributed by atoms with Crippen LogP contribution in [-0.4, -0.2) is 38.0 Å². The third-order valence-electron chi connectivity index (χ3n) is 3.15. The van der Waals surface area contributed by atoms with E-state index in [1.165, 1.54) is 0 Å². The van der Waals surface area contributed by atoms with Gasteiger partial charge in [0.05, 0.1) is 24.8 Å². The first-order valence-electron chi connectivity index (χ1n) is 6.21. The molecule has 0 radical (unpaired) electrons. The molecule has 1 aromatic rings. The van der Waals surface area contributed by atoms with Gasteiger partial charge in [0.2, 0.25) is 5.91 Å². The molecular formula is C13H16F2N2O2S. The summed E-state index contributed by atoms with van der Waals surface area (Å²) in [6.07, 6.45) is 0. The van der Waals surface area contributed by atoms with Crippen LogP contribution in [-0.2, 0) is 9.53 Å². The molecular weight excluding hydrogens is 286 g/mol. The third kappa shape index (κ3) is 3.68. The molecule has 1 aliphatic heterocycles. The van der Waals surface area contributed by atoms with E-state index in [1.54, 1.807) is 31.3 Å². The van der Waals surface area contributed by atoms with Crippen LogP contribution in [0.25, 0.3) is 0 Å². The Hall–Kier alpha value is -1.18. The van der Waals surface area contributed by atoms with Gasteiger partial charge in [0, 0.05) is 10.9 Å². The molecule has 7 heteroatoms. The second-order valence-electron chi connectivity index (χ2n) is 4.40. The van der Waals surface area contributed by atoms with Crippen LogP contribution in [0.5, 0.6) is 0 Å². The summed E-state index contributed by atoms with van der Waals surface area (Å²) in [6, 6.07) is 6.49. The normalized spacial score (nSPS) is 22.2. The van der Waals surface area contributed by atoms with E-state index in [9.17, 15) is 13.6 Å². The van der Waals surface area contributed by atoms with E-state index in [-0.39, 0.29) is 17.9 Å². The Labute approximate surface area is 120 Å². The molecule has 0 spiro atoms. The van der Waals surface area contributed by atoms with E-state index in [2.05, 4.69) is 10.6 Å². The van der Waals surface area contributed by atoms with Gasteiger partial charge in [0.1, 0.15) is 0 Å². The number of alkyl halides is 2. The molecule has 0 saturated carbocycles. The molecule has 1 heterocycles. The molecule has 20 heavy (non-hydrogen) atoms. The zero-order valence-electron chi connectivity index (χ0n) is 10.9. The van der Waals surface area contributed by atoms with Gasteiger partial charge in [-0.3, -0.25) is 4.79 Å². The molecule has 2 atom stereocenters. The number of para-hydroxylation sites is 1. The summed E-state index contributed by atoms with van der Waals surface area (Å²) in [4.78, 5) is 12.6. The fraction of sp³-hybridized carbons (Fsp3) is 0.462. The lowest BCUT2D eigenvalue weighted by molar-refractivity contribution is -0.120. The first kappa shape index (κ1) is 15.2. The van der Waals surface area contributed by atoms with Crippen LogP contribution in [0.15, 0.2) is 29.2 Å². The van der Waals surface area contributed by atoms with Gasteiger partial charge in [-0.15, -0.1) is 0 Å². The molecule has 1 fully saturated rings. The molecule has 4 nitrogen and oxygen atoms in total. The molecule has 1 saturated heterocycles. The topological polar surface area (TPSA) is 50.4 Å². The Morgan fingerprint density at radius 2 is 2.15 bits per heavy atom. The van der Waals surface area contributed by atoms with Crippen LogP contribution in [0.3, 0.4) is 0 Å². The maximum Gasteiger partial charge on any atom is 0.288 e. The maximum absolute atomic E-state index is 12.5. The van der Waals surface area contributed by atoms with Crippen molar-refractivity contribution in [2.24, 2.45) is 5.92 Å². The fourth-order valence-electron chi connectivity index (χ4n) is 2.09. The first-order chi connectivity index (χ1) is 9.61. The predicted molar refractivity (Wildman–Crippen MR) is 74.1 cm³/mol. The highest BCUT2D eigenvalue weighted by Crippen LogP contribution is 2.32. The van der Waals surface area contributed by atoms with Crippen molar-refractivity contribution in [2.45, 2.75) is 16.7 Å². The predicted octanol–water partition coefficient (Wildman–Crippen LogP) is 2.17. The Balaban J connectivity index is 2.07. The van der Waals surface area contributed by atoms with Crippen LogP contribution in [0.1, 0.15) is 0 Å². The zero-order valence-corrected chi connectivity index (χ0v) is 11.8. The average Bonchev–Trinajstić information content (AvgIpc) is 2.88. The minimum atomic E-state index is -2.52. The highest BCUT2D eigenvalue weighted by molar-refractivity contribution is 7.99. The van der Waals surface area contributed by atoms with Gasteiger partial charge in [0.25, 0.3) is 5.76 Å². The smallest absolute Gasteiger partial charge is 0.288 e. The summed E-state index contributed by atoms with van der Waals surface area (Å²) in [5, 5.41) is 5.73. The minimum absolute atomic E-state index is 0.0510. The van der Waals surface area contributed by atoms with Crippen LogP contribution < -0.4 is 10.6 Å². The fourth-order valence-corrected chi connectivity index (χ4v) is 2.69. The van der Waals surface area contributed by atoms with Crippen LogP contribution in [0.2, 0.25) is 0 Å². The number of likely N-dealkylation sites (N-methyl/N-ethyl adjacent to an activating group) is 1. The summed E-state index contributed by atoms with van der Waals surface area (Å²) in [6.45, 7) is 0.809. The Bertz CT molecular complexity index is 473. The number of nitrogens with one attached hydrogen (secondary N) is 2. The van der Waals surface area contributed by atoms with E-state index in [0.717, 1.165) is 0 Å². The standard InChI is InChI=1S/C13H16F2N2O2S/c1-16-10-7-19-6-8(10)12(18)17-9-4-2-3-5-11(9)20-13(14)15/h2-5,8,10,13,16H,6-7H2,1H3,(H,17,18). The van der Waals surface area contributed by atoms with E-state index in [4.69, 9.17) is 4.74 Å². The zero-order chi connectivity index (χ0) is 14.5. The average molecular weight is 302 g/mol. The van der Waals surface area contributed by atoms with Gasteiger partial charge in [-0.05, 0) is 19.2 Å². The number of halogens is 2. The molecule has 2 N–H and O–H groups in total.